The van der Waals surface area contributed by atoms with Crippen molar-refractivity contribution in [1.29, 1.82) is 0 Å². The van der Waals surface area contributed by atoms with Crippen molar-refractivity contribution >= 4 is 11.5 Å². The molecule has 4 heteroatoms. The smallest absolute Gasteiger partial charge is 0.339 e. The number of carbonyl (C=O) groups excluding carboxylic acids is 1. The van der Waals surface area contributed by atoms with Crippen LogP contribution in [0.1, 0.15) is 47.3 Å². The zero-order valence-electron chi connectivity index (χ0n) is 17.0. The highest BCUT2D eigenvalue weighted by Crippen LogP contribution is 2.33. The highest BCUT2D eigenvalue weighted by molar-refractivity contribution is 5.99. The van der Waals surface area contributed by atoms with Crippen molar-refractivity contribution in [2.24, 2.45) is 0 Å². The first kappa shape index (κ1) is 21.5. The predicted octanol–water partition coefficient (Wildman–Crippen LogP) is 4.94. The Balaban J connectivity index is 2.55. The number of hydrogen-bond donors (Lipinski definition) is 1. The van der Waals surface area contributed by atoms with E-state index in [0.29, 0.717) is 16.9 Å². The van der Waals surface area contributed by atoms with Gasteiger partial charge in [0.2, 0.25) is 0 Å². The van der Waals surface area contributed by atoms with E-state index in [1.807, 2.05) is 49.4 Å². The van der Waals surface area contributed by atoms with Crippen LogP contribution in [0, 0.1) is 6.92 Å². The molecule has 0 saturated carbocycles. The molecule has 2 aromatic rings. The Bertz CT molecular complexity index is 866. The maximum Gasteiger partial charge on any atom is 0.339 e. The van der Waals surface area contributed by atoms with Crippen molar-refractivity contribution in [1.82, 2.24) is 0 Å². The minimum absolute atomic E-state index is 0.128. The number of hydrogen-bond acceptors (Lipinski definition) is 4. The van der Waals surface area contributed by atoms with Gasteiger partial charge in [-0.3, -0.25) is 0 Å². The summed E-state index contributed by atoms with van der Waals surface area (Å²) < 4.78 is 10.8. The molecule has 4 nitrogen and oxygen atoms in total. The SMILES string of the molecule is C=C(C)C(O)COC(=O)c1c(C)cc(OC)cc1/C(=C/CC)c1ccccc1. The maximum atomic E-state index is 12.9. The summed E-state index contributed by atoms with van der Waals surface area (Å²) in [5.74, 6) is 0.192. The van der Waals surface area contributed by atoms with Crippen LogP contribution < -0.4 is 4.74 Å². The molecule has 1 N–H and O–H groups in total. The van der Waals surface area contributed by atoms with Crippen LogP contribution in [-0.4, -0.2) is 30.9 Å². The highest BCUT2D eigenvalue weighted by Gasteiger charge is 2.22. The fourth-order valence-corrected chi connectivity index (χ4v) is 2.93. The van der Waals surface area contributed by atoms with Crippen molar-refractivity contribution < 1.29 is 19.4 Å². The number of carbonyl (C=O) groups is 1. The van der Waals surface area contributed by atoms with Crippen LogP contribution in [0.3, 0.4) is 0 Å². The number of methoxy groups -OCH3 is 1. The summed E-state index contributed by atoms with van der Waals surface area (Å²) in [6.45, 7) is 9.16. The first-order chi connectivity index (χ1) is 13.4. The molecule has 0 saturated heterocycles. The molecule has 28 heavy (non-hydrogen) atoms. The van der Waals surface area contributed by atoms with Gasteiger partial charge < -0.3 is 14.6 Å². The van der Waals surface area contributed by atoms with E-state index < -0.39 is 12.1 Å². The van der Waals surface area contributed by atoms with Gasteiger partial charge in [-0.2, -0.15) is 0 Å². The molecule has 0 aromatic heterocycles. The van der Waals surface area contributed by atoms with Crippen LogP contribution in [0.4, 0.5) is 0 Å². The molecular weight excluding hydrogens is 352 g/mol. The number of aryl methyl sites for hydroxylation is 1. The first-order valence-corrected chi connectivity index (χ1v) is 9.34. The molecule has 2 aromatic carbocycles. The van der Waals surface area contributed by atoms with E-state index in [9.17, 15) is 9.90 Å². The number of aliphatic hydroxyl groups is 1. The standard InChI is InChI=1S/C24H28O4/c1-6-10-20(18-11-8-7-9-12-18)21-14-19(27-5)13-17(4)23(21)24(26)28-15-22(25)16(2)3/h7-14,22,25H,2,6,15H2,1,3-5H3/b20-10+. The van der Waals surface area contributed by atoms with Gasteiger partial charge in [-0.15, -0.1) is 0 Å². The van der Waals surface area contributed by atoms with Gasteiger partial charge in [0.15, 0.2) is 0 Å². The van der Waals surface area contributed by atoms with E-state index in [1.165, 1.54) is 0 Å². The zero-order valence-corrected chi connectivity index (χ0v) is 17.0. The lowest BCUT2D eigenvalue weighted by Gasteiger charge is -2.18. The van der Waals surface area contributed by atoms with Crippen molar-refractivity contribution in [3.8, 4) is 5.75 Å². The van der Waals surface area contributed by atoms with Crippen LogP contribution in [0.15, 0.2) is 60.7 Å². The van der Waals surface area contributed by atoms with Gasteiger partial charge in [0.05, 0.1) is 12.7 Å². The minimum atomic E-state index is -0.884. The third kappa shape index (κ3) is 5.11. The first-order valence-electron chi connectivity index (χ1n) is 9.34. The summed E-state index contributed by atoms with van der Waals surface area (Å²) in [6, 6.07) is 13.6. The highest BCUT2D eigenvalue weighted by atomic mass is 16.5. The van der Waals surface area contributed by atoms with E-state index in [-0.39, 0.29) is 6.61 Å². The molecule has 1 unspecified atom stereocenters. The van der Waals surface area contributed by atoms with Crippen molar-refractivity contribution in [2.45, 2.75) is 33.3 Å². The van der Waals surface area contributed by atoms with Crippen LogP contribution in [-0.2, 0) is 4.74 Å². The van der Waals surface area contributed by atoms with Crippen molar-refractivity contribution in [2.75, 3.05) is 13.7 Å². The summed E-state index contributed by atoms with van der Waals surface area (Å²) >= 11 is 0. The van der Waals surface area contributed by atoms with Crippen LogP contribution in [0.25, 0.3) is 5.57 Å². The normalized spacial score (nSPS) is 12.4. The lowest BCUT2D eigenvalue weighted by molar-refractivity contribution is 0.0327. The molecule has 2 rings (SSSR count). The number of ether oxygens (including phenoxy) is 2. The number of aliphatic hydroxyl groups excluding tert-OH is 1. The van der Waals surface area contributed by atoms with E-state index in [0.717, 1.165) is 28.7 Å². The fourth-order valence-electron chi connectivity index (χ4n) is 2.93. The molecule has 0 aliphatic rings. The molecule has 0 heterocycles. The number of esters is 1. The second-order valence-electron chi connectivity index (χ2n) is 6.72. The number of rotatable bonds is 8. The zero-order chi connectivity index (χ0) is 20.7. The third-order valence-electron chi connectivity index (χ3n) is 4.47. The van der Waals surface area contributed by atoms with Crippen LogP contribution in [0.2, 0.25) is 0 Å². The summed E-state index contributed by atoms with van der Waals surface area (Å²) in [4.78, 5) is 12.9. The molecule has 0 fully saturated rings. The molecule has 0 radical (unpaired) electrons. The third-order valence-corrected chi connectivity index (χ3v) is 4.47. The second kappa shape index (κ2) is 9.90. The Morgan fingerprint density at radius 3 is 2.50 bits per heavy atom. The summed E-state index contributed by atoms with van der Waals surface area (Å²) in [6.07, 6.45) is 2.01. The summed E-state index contributed by atoms with van der Waals surface area (Å²) in [5, 5.41) is 9.91. The maximum absolute atomic E-state index is 12.9. The summed E-state index contributed by atoms with van der Waals surface area (Å²) in [5.41, 5.74) is 4.47. The monoisotopic (exact) mass is 380 g/mol. The molecule has 0 aliphatic carbocycles. The Hall–Kier alpha value is -2.85. The van der Waals surface area contributed by atoms with Gasteiger partial charge in [0.25, 0.3) is 0 Å². The van der Waals surface area contributed by atoms with Gasteiger partial charge >= 0.3 is 5.97 Å². The molecule has 1 atom stereocenters. The fraction of sp³-hybridized carbons (Fsp3) is 0.292. The molecule has 0 bridgehead atoms. The molecule has 148 valence electrons. The Morgan fingerprint density at radius 1 is 1.25 bits per heavy atom. The average molecular weight is 380 g/mol. The Kier molecular flexibility index (Phi) is 7.59. The van der Waals surface area contributed by atoms with Gasteiger partial charge in [-0.05, 0) is 54.7 Å². The van der Waals surface area contributed by atoms with Gasteiger partial charge in [0, 0.05) is 5.56 Å². The Labute approximate surface area is 167 Å². The van der Waals surface area contributed by atoms with E-state index in [4.69, 9.17) is 9.47 Å². The lowest BCUT2D eigenvalue weighted by atomic mass is 9.90. The van der Waals surface area contributed by atoms with E-state index in [2.05, 4.69) is 19.6 Å². The number of benzene rings is 2. The number of allylic oxidation sites excluding steroid dienone is 1. The Morgan fingerprint density at radius 2 is 1.93 bits per heavy atom. The predicted molar refractivity (Wildman–Crippen MR) is 113 cm³/mol. The van der Waals surface area contributed by atoms with Gasteiger partial charge in [0.1, 0.15) is 18.5 Å². The second-order valence-corrected chi connectivity index (χ2v) is 6.72. The van der Waals surface area contributed by atoms with Crippen LogP contribution in [0.5, 0.6) is 5.75 Å². The lowest BCUT2D eigenvalue weighted by Crippen LogP contribution is -2.20. The van der Waals surface area contributed by atoms with E-state index >= 15 is 0 Å². The largest absolute Gasteiger partial charge is 0.497 e. The molecule has 0 amide bonds. The topological polar surface area (TPSA) is 55.8 Å². The quantitative estimate of drug-likeness (QED) is 0.521. The van der Waals surface area contributed by atoms with Crippen LogP contribution >= 0.6 is 0 Å². The summed E-state index contributed by atoms with van der Waals surface area (Å²) in [7, 11) is 1.60. The molecular formula is C24H28O4. The van der Waals surface area contributed by atoms with Gasteiger partial charge in [-0.1, -0.05) is 49.9 Å². The molecule has 0 aliphatic heterocycles. The van der Waals surface area contributed by atoms with Crippen molar-refractivity contribution in [3.63, 3.8) is 0 Å². The average Bonchev–Trinajstić information content (AvgIpc) is 2.69. The van der Waals surface area contributed by atoms with E-state index in [1.54, 1.807) is 14.0 Å². The van der Waals surface area contributed by atoms with Crippen molar-refractivity contribution in [3.05, 3.63) is 82.9 Å². The van der Waals surface area contributed by atoms with Gasteiger partial charge in [-0.25, -0.2) is 4.79 Å². The minimum Gasteiger partial charge on any atom is -0.497 e. The molecule has 0 spiro atoms.